The fraction of sp³-hybridized carbons (Fsp3) is 1.00. The van der Waals surface area contributed by atoms with Crippen molar-refractivity contribution in [1.82, 2.24) is 0 Å². The van der Waals surface area contributed by atoms with Crippen molar-refractivity contribution < 1.29 is 21.8 Å². The summed E-state index contributed by atoms with van der Waals surface area (Å²) in [6.45, 7) is 0. The summed E-state index contributed by atoms with van der Waals surface area (Å²) in [6, 6.07) is 0. The number of alkyl halides is 3. The molecule has 0 heterocycles. The Kier molecular flexibility index (Phi) is 3.29. The molecule has 4 atom stereocenters. The molecule has 13 heavy (non-hydrogen) atoms. The predicted molar refractivity (Wildman–Crippen MR) is 47.1 cm³/mol. The van der Waals surface area contributed by atoms with Crippen LogP contribution >= 0.6 is 15.9 Å². The van der Waals surface area contributed by atoms with Crippen LogP contribution in [0.2, 0.25) is 0 Å². The fourth-order valence-electron chi connectivity index (χ4n) is 1.34. The Balaban J connectivity index is 2.79. The van der Waals surface area contributed by atoms with Crippen molar-refractivity contribution in [2.24, 2.45) is 0 Å². The molecule has 0 aromatic rings. The molecular formula is C6H9BrF2O3S. The van der Waals surface area contributed by atoms with Gasteiger partial charge in [-0.1, -0.05) is 15.9 Å². The summed E-state index contributed by atoms with van der Waals surface area (Å²) in [7, 11) is -4.47. The average molecular weight is 279 g/mol. The molecule has 0 saturated heterocycles. The highest BCUT2D eigenvalue weighted by molar-refractivity contribution is 9.09. The van der Waals surface area contributed by atoms with Gasteiger partial charge in [-0.2, -0.15) is 8.42 Å². The van der Waals surface area contributed by atoms with E-state index in [4.69, 9.17) is 4.55 Å². The van der Waals surface area contributed by atoms with Crippen molar-refractivity contribution in [3.05, 3.63) is 0 Å². The summed E-state index contributed by atoms with van der Waals surface area (Å²) >= 11 is 2.90. The van der Waals surface area contributed by atoms with Crippen LogP contribution in [0, 0.1) is 0 Å². The van der Waals surface area contributed by atoms with Crippen LogP contribution in [0.15, 0.2) is 0 Å². The minimum atomic E-state index is -4.47. The van der Waals surface area contributed by atoms with Crippen LogP contribution in [-0.2, 0) is 10.1 Å². The molecule has 0 radical (unpaired) electrons. The maximum Gasteiger partial charge on any atom is 0.270 e. The molecule has 0 aromatic carbocycles. The van der Waals surface area contributed by atoms with Crippen molar-refractivity contribution in [3.8, 4) is 0 Å². The van der Waals surface area contributed by atoms with E-state index in [-0.39, 0.29) is 6.42 Å². The molecule has 78 valence electrons. The average Bonchev–Trinajstić information content (AvgIpc) is 1.94. The Labute approximate surface area is 83.4 Å². The summed E-state index contributed by atoms with van der Waals surface area (Å²) in [5, 5.41) is -1.61. The summed E-state index contributed by atoms with van der Waals surface area (Å²) in [5.74, 6) is 0. The van der Waals surface area contributed by atoms with E-state index in [1.165, 1.54) is 0 Å². The van der Waals surface area contributed by atoms with Gasteiger partial charge in [0.15, 0.2) is 0 Å². The first-order valence-electron chi connectivity index (χ1n) is 3.71. The molecule has 0 aliphatic heterocycles. The van der Waals surface area contributed by atoms with E-state index < -0.39 is 39.0 Å². The monoisotopic (exact) mass is 278 g/mol. The van der Waals surface area contributed by atoms with Crippen LogP contribution < -0.4 is 0 Å². The molecule has 1 N–H and O–H groups in total. The summed E-state index contributed by atoms with van der Waals surface area (Å²) in [6.07, 6.45) is -3.85. The summed E-state index contributed by atoms with van der Waals surface area (Å²) in [5.41, 5.74) is 0. The topological polar surface area (TPSA) is 54.4 Å². The molecule has 1 aliphatic rings. The highest BCUT2D eigenvalue weighted by atomic mass is 79.9. The van der Waals surface area contributed by atoms with Gasteiger partial charge in [0.2, 0.25) is 0 Å². The van der Waals surface area contributed by atoms with E-state index in [0.29, 0.717) is 0 Å². The Morgan fingerprint density at radius 2 is 1.77 bits per heavy atom. The SMILES string of the molecule is O=S(=O)(O)C1CC(F)C(Br)CC1F. The third-order valence-corrected chi connectivity index (χ3v) is 4.29. The molecule has 0 spiro atoms. The molecule has 0 amide bonds. The second-order valence-electron chi connectivity index (χ2n) is 3.07. The second-order valence-corrected chi connectivity index (χ2v) is 5.88. The van der Waals surface area contributed by atoms with E-state index >= 15 is 0 Å². The summed E-state index contributed by atoms with van der Waals surface area (Å²) in [4.78, 5) is -0.666. The Morgan fingerprint density at radius 3 is 2.23 bits per heavy atom. The van der Waals surface area contributed by atoms with E-state index in [0.717, 1.165) is 0 Å². The van der Waals surface area contributed by atoms with E-state index in [2.05, 4.69) is 15.9 Å². The Hall–Kier alpha value is 0.250. The van der Waals surface area contributed by atoms with Gasteiger partial charge in [-0.05, 0) is 6.42 Å². The van der Waals surface area contributed by atoms with Gasteiger partial charge in [-0.3, -0.25) is 4.55 Å². The lowest BCUT2D eigenvalue weighted by Gasteiger charge is -2.29. The van der Waals surface area contributed by atoms with Gasteiger partial charge >= 0.3 is 0 Å². The van der Waals surface area contributed by atoms with E-state index in [1.54, 1.807) is 0 Å². The van der Waals surface area contributed by atoms with Gasteiger partial charge in [0, 0.05) is 11.2 Å². The smallest absolute Gasteiger partial charge is 0.270 e. The van der Waals surface area contributed by atoms with Gasteiger partial charge in [0.1, 0.15) is 17.6 Å². The van der Waals surface area contributed by atoms with Gasteiger partial charge in [-0.25, -0.2) is 8.78 Å². The molecule has 7 heteroatoms. The lowest BCUT2D eigenvalue weighted by molar-refractivity contribution is 0.177. The second kappa shape index (κ2) is 3.78. The fourth-order valence-corrected chi connectivity index (χ4v) is 2.82. The molecule has 0 aromatic heterocycles. The van der Waals surface area contributed by atoms with Gasteiger partial charge in [-0.15, -0.1) is 0 Å². The Morgan fingerprint density at radius 1 is 1.23 bits per heavy atom. The molecule has 1 aliphatic carbocycles. The predicted octanol–water partition coefficient (Wildman–Crippen LogP) is 1.48. The zero-order valence-corrected chi connectivity index (χ0v) is 8.93. The summed E-state index contributed by atoms with van der Waals surface area (Å²) < 4.78 is 55.7. The van der Waals surface area contributed by atoms with Crippen LogP contribution in [-0.4, -0.2) is 35.4 Å². The van der Waals surface area contributed by atoms with Crippen molar-refractivity contribution in [2.75, 3.05) is 0 Å². The molecule has 0 bridgehead atoms. The van der Waals surface area contributed by atoms with Gasteiger partial charge < -0.3 is 0 Å². The Bertz CT molecular complexity index is 282. The first kappa shape index (κ1) is 11.3. The highest BCUT2D eigenvalue weighted by Gasteiger charge is 2.42. The van der Waals surface area contributed by atoms with Crippen molar-refractivity contribution in [3.63, 3.8) is 0 Å². The molecular weight excluding hydrogens is 270 g/mol. The maximum absolute atomic E-state index is 13.0. The minimum absolute atomic E-state index is 0.231. The van der Waals surface area contributed by atoms with Crippen LogP contribution in [0.3, 0.4) is 0 Å². The molecule has 4 unspecified atom stereocenters. The van der Waals surface area contributed by atoms with Crippen LogP contribution in [0.25, 0.3) is 0 Å². The van der Waals surface area contributed by atoms with E-state index in [1.807, 2.05) is 0 Å². The molecule has 1 rings (SSSR count). The van der Waals surface area contributed by atoms with Gasteiger partial charge in [0.25, 0.3) is 10.1 Å². The number of hydrogen-bond donors (Lipinski definition) is 1. The zero-order chi connectivity index (χ0) is 10.2. The largest absolute Gasteiger partial charge is 0.285 e. The third kappa shape index (κ3) is 2.60. The first-order chi connectivity index (χ1) is 5.82. The number of rotatable bonds is 1. The molecule has 1 saturated carbocycles. The zero-order valence-electron chi connectivity index (χ0n) is 6.53. The van der Waals surface area contributed by atoms with Crippen molar-refractivity contribution >= 4 is 26.0 Å². The van der Waals surface area contributed by atoms with Crippen LogP contribution in [0.4, 0.5) is 8.78 Å². The molecule has 1 fully saturated rings. The lowest BCUT2D eigenvalue weighted by atomic mass is 9.96. The standard InChI is InChI=1S/C6H9BrF2O3S/c7-3-1-5(9)6(2-4(3)8)13(10,11)12/h3-6H,1-2H2,(H,10,11,12). The minimum Gasteiger partial charge on any atom is -0.285 e. The highest BCUT2D eigenvalue weighted by Crippen LogP contribution is 2.32. The molecule has 3 nitrogen and oxygen atoms in total. The normalized spacial score (nSPS) is 41.8. The van der Waals surface area contributed by atoms with Crippen LogP contribution in [0.5, 0.6) is 0 Å². The van der Waals surface area contributed by atoms with Crippen molar-refractivity contribution in [2.45, 2.75) is 35.3 Å². The maximum atomic E-state index is 13.0. The van der Waals surface area contributed by atoms with Crippen LogP contribution in [0.1, 0.15) is 12.8 Å². The third-order valence-electron chi connectivity index (χ3n) is 2.09. The quantitative estimate of drug-likeness (QED) is 0.584. The van der Waals surface area contributed by atoms with Gasteiger partial charge in [0.05, 0.1) is 0 Å². The number of hydrogen-bond acceptors (Lipinski definition) is 2. The van der Waals surface area contributed by atoms with Crippen molar-refractivity contribution in [1.29, 1.82) is 0 Å². The first-order valence-corrected chi connectivity index (χ1v) is 6.12. The lowest BCUT2D eigenvalue weighted by Crippen LogP contribution is -2.42. The number of halogens is 3. The van der Waals surface area contributed by atoms with E-state index in [9.17, 15) is 17.2 Å².